The summed E-state index contributed by atoms with van der Waals surface area (Å²) in [6, 6.07) is 0. The summed E-state index contributed by atoms with van der Waals surface area (Å²) >= 11 is 0. The summed E-state index contributed by atoms with van der Waals surface area (Å²) in [7, 11) is 1.50. The van der Waals surface area contributed by atoms with Gasteiger partial charge in [0.2, 0.25) is 5.91 Å². The molecule has 1 heterocycles. The Balaban J connectivity index is 2.03. The molecule has 1 amide bonds. The van der Waals surface area contributed by atoms with Crippen LogP contribution in [0.2, 0.25) is 0 Å². The van der Waals surface area contributed by atoms with Crippen molar-refractivity contribution in [1.29, 1.82) is 0 Å². The average molecular weight is 229 g/mol. The van der Waals surface area contributed by atoms with E-state index >= 15 is 0 Å². The summed E-state index contributed by atoms with van der Waals surface area (Å²) < 4.78 is 4.94. The van der Waals surface area contributed by atoms with Crippen LogP contribution in [-0.2, 0) is 9.53 Å². The van der Waals surface area contributed by atoms with Crippen molar-refractivity contribution in [3.63, 3.8) is 0 Å². The number of hydrogen-bond donors (Lipinski definition) is 2. The Morgan fingerprint density at radius 1 is 1.50 bits per heavy atom. The van der Waals surface area contributed by atoms with Gasteiger partial charge < -0.3 is 20.7 Å². The normalized spacial score (nSPS) is 18.6. The number of methoxy groups -OCH3 is 1. The maximum absolute atomic E-state index is 11.5. The lowest BCUT2D eigenvalue weighted by atomic mass is 10.3. The van der Waals surface area contributed by atoms with Gasteiger partial charge in [0.05, 0.1) is 0 Å². The number of nitrogens with zero attached hydrogens (tertiary/aromatic N) is 1. The van der Waals surface area contributed by atoms with Crippen molar-refractivity contribution in [2.24, 2.45) is 5.73 Å². The third-order valence-electron chi connectivity index (χ3n) is 2.94. The lowest BCUT2D eigenvalue weighted by Gasteiger charge is -2.16. The van der Waals surface area contributed by atoms with Gasteiger partial charge in [-0.05, 0) is 38.9 Å². The number of hydrogen-bond acceptors (Lipinski definition) is 4. The molecule has 0 spiro atoms. The van der Waals surface area contributed by atoms with E-state index in [1.54, 1.807) is 0 Å². The van der Waals surface area contributed by atoms with E-state index in [2.05, 4.69) is 10.2 Å². The highest BCUT2D eigenvalue weighted by molar-refractivity contribution is 5.80. The summed E-state index contributed by atoms with van der Waals surface area (Å²) in [5.74, 6) is -0.105. The van der Waals surface area contributed by atoms with Crippen molar-refractivity contribution in [2.75, 3.05) is 39.8 Å². The minimum atomic E-state index is -0.508. The quantitative estimate of drug-likeness (QED) is 0.581. The van der Waals surface area contributed by atoms with E-state index in [-0.39, 0.29) is 12.5 Å². The Morgan fingerprint density at radius 2 is 2.19 bits per heavy atom. The van der Waals surface area contributed by atoms with Crippen molar-refractivity contribution in [1.82, 2.24) is 10.2 Å². The maximum Gasteiger partial charge on any atom is 0.250 e. The number of nitrogens with two attached hydrogens (primary N) is 1. The molecular formula is C11H23N3O2. The van der Waals surface area contributed by atoms with Crippen LogP contribution < -0.4 is 11.1 Å². The van der Waals surface area contributed by atoms with Crippen LogP contribution in [0.3, 0.4) is 0 Å². The van der Waals surface area contributed by atoms with Crippen LogP contribution in [0, 0.1) is 0 Å². The smallest absolute Gasteiger partial charge is 0.250 e. The molecule has 1 aliphatic heterocycles. The van der Waals surface area contributed by atoms with Crippen LogP contribution in [0.25, 0.3) is 0 Å². The second-order valence-electron chi connectivity index (χ2n) is 4.15. The molecule has 0 bridgehead atoms. The highest BCUT2D eigenvalue weighted by atomic mass is 16.5. The fourth-order valence-corrected chi connectivity index (χ4v) is 1.94. The molecule has 0 aliphatic carbocycles. The summed E-state index contributed by atoms with van der Waals surface area (Å²) in [5.41, 5.74) is 5.39. The van der Waals surface area contributed by atoms with E-state index in [4.69, 9.17) is 10.5 Å². The van der Waals surface area contributed by atoms with Crippen LogP contribution in [0.1, 0.15) is 19.3 Å². The fourth-order valence-electron chi connectivity index (χ4n) is 1.94. The van der Waals surface area contributed by atoms with Gasteiger partial charge in [0.1, 0.15) is 6.10 Å². The minimum Gasteiger partial charge on any atom is -0.370 e. The monoisotopic (exact) mass is 229 g/mol. The maximum atomic E-state index is 11.5. The molecule has 0 aromatic carbocycles. The number of carbonyl (C=O) groups excluding carboxylic acids is 1. The Morgan fingerprint density at radius 3 is 2.75 bits per heavy atom. The van der Waals surface area contributed by atoms with Gasteiger partial charge in [-0.3, -0.25) is 4.79 Å². The fraction of sp³-hybridized carbons (Fsp3) is 0.909. The number of nitrogens with one attached hydrogen (secondary N) is 1. The Bertz CT molecular complexity index is 201. The summed E-state index contributed by atoms with van der Waals surface area (Å²) in [6.45, 7) is 4.42. The average Bonchev–Trinajstić information content (AvgIpc) is 2.79. The standard InChI is InChI=1S/C11H23N3O2/c1-16-10(9-12)11(15)13-5-4-8-14-6-2-3-7-14/h10H,2-9,12H2,1H3,(H,13,15). The summed E-state index contributed by atoms with van der Waals surface area (Å²) in [4.78, 5) is 13.9. The molecule has 5 heteroatoms. The molecule has 1 aliphatic rings. The number of carbonyl (C=O) groups is 1. The van der Waals surface area contributed by atoms with Gasteiger partial charge in [0.25, 0.3) is 0 Å². The van der Waals surface area contributed by atoms with Gasteiger partial charge in [0, 0.05) is 20.2 Å². The zero-order valence-electron chi connectivity index (χ0n) is 10.1. The van der Waals surface area contributed by atoms with E-state index < -0.39 is 6.10 Å². The van der Waals surface area contributed by atoms with Gasteiger partial charge in [-0.15, -0.1) is 0 Å². The minimum absolute atomic E-state index is 0.105. The van der Waals surface area contributed by atoms with Crippen molar-refractivity contribution in [3.05, 3.63) is 0 Å². The van der Waals surface area contributed by atoms with Crippen LogP contribution in [0.15, 0.2) is 0 Å². The first-order valence-electron chi connectivity index (χ1n) is 6.01. The van der Waals surface area contributed by atoms with Gasteiger partial charge in [-0.2, -0.15) is 0 Å². The first kappa shape index (κ1) is 13.4. The third kappa shape index (κ3) is 4.47. The van der Waals surface area contributed by atoms with E-state index in [1.165, 1.54) is 33.0 Å². The first-order valence-corrected chi connectivity index (χ1v) is 6.01. The Labute approximate surface area is 97.3 Å². The number of ether oxygens (including phenoxy) is 1. The van der Waals surface area contributed by atoms with E-state index in [0.29, 0.717) is 6.54 Å². The van der Waals surface area contributed by atoms with Crippen LogP contribution in [-0.4, -0.2) is 56.7 Å². The van der Waals surface area contributed by atoms with Crippen molar-refractivity contribution in [2.45, 2.75) is 25.4 Å². The van der Waals surface area contributed by atoms with E-state index in [1.807, 2.05) is 0 Å². The van der Waals surface area contributed by atoms with Crippen molar-refractivity contribution < 1.29 is 9.53 Å². The SMILES string of the molecule is COC(CN)C(=O)NCCCN1CCCC1. The molecule has 94 valence electrons. The van der Waals surface area contributed by atoms with Gasteiger partial charge >= 0.3 is 0 Å². The zero-order valence-corrected chi connectivity index (χ0v) is 10.1. The predicted octanol–water partition coefficient (Wildman–Crippen LogP) is -0.438. The van der Waals surface area contributed by atoms with Gasteiger partial charge in [-0.1, -0.05) is 0 Å². The largest absolute Gasteiger partial charge is 0.370 e. The van der Waals surface area contributed by atoms with E-state index in [9.17, 15) is 4.79 Å². The van der Waals surface area contributed by atoms with Gasteiger partial charge in [-0.25, -0.2) is 0 Å². The first-order chi connectivity index (χ1) is 7.77. The second-order valence-corrected chi connectivity index (χ2v) is 4.15. The number of amides is 1. The van der Waals surface area contributed by atoms with Crippen LogP contribution in [0.5, 0.6) is 0 Å². The zero-order chi connectivity index (χ0) is 11.8. The van der Waals surface area contributed by atoms with Crippen molar-refractivity contribution in [3.8, 4) is 0 Å². The molecular weight excluding hydrogens is 206 g/mol. The summed E-state index contributed by atoms with van der Waals surface area (Å²) in [6.07, 6.45) is 3.11. The molecule has 5 nitrogen and oxygen atoms in total. The molecule has 16 heavy (non-hydrogen) atoms. The van der Waals surface area contributed by atoms with Crippen molar-refractivity contribution >= 4 is 5.91 Å². The molecule has 1 saturated heterocycles. The second kappa shape index (κ2) is 7.60. The Kier molecular flexibility index (Phi) is 6.37. The lowest BCUT2D eigenvalue weighted by molar-refractivity contribution is -0.130. The number of rotatable bonds is 7. The molecule has 1 unspecified atom stereocenters. The molecule has 0 saturated carbocycles. The van der Waals surface area contributed by atoms with Crippen LogP contribution in [0.4, 0.5) is 0 Å². The topological polar surface area (TPSA) is 67.6 Å². The molecule has 0 radical (unpaired) electrons. The molecule has 3 N–H and O–H groups in total. The van der Waals surface area contributed by atoms with Crippen LogP contribution >= 0.6 is 0 Å². The third-order valence-corrected chi connectivity index (χ3v) is 2.94. The summed E-state index contributed by atoms with van der Waals surface area (Å²) in [5, 5.41) is 2.84. The predicted molar refractivity (Wildman–Crippen MR) is 63.2 cm³/mol. The molecule has 1 fully saturated rings. The lowest BCUT2D eigenvalue weighted by Crippen LogP contribution is -2.41. The Hall–Kier alpha value is -0.650. The number of likely N-dealkylation sites (tertiary alicyclic amines) is 1. The van der Waals surface area contributed by atoms with Gasteiger partial charge in [0.15, 0.2) is 0 Å². The van der Waals surface area contributed by atoms with E-state index in [0.717, 1.165) is 13.0 Å². The highest BCUT2D eigenvalue weighted by Gasteiger charge is 2.15. The molecule has 1 atom stereocenters. The highest BCUT2D eigenvalue weighted by Crippen LogP contribution is 2.06. The molecule has 0 aromatic rings. The molecule has 0 aromatic heterocycles. The molecule has 1 rings (SSSR count).